The van der Waals surface area contributed by atoms with E-state index in [1.807, 2.05) is 26.8 Å². The van der Waals surface area contributed by atoms with Crippen LogP contribution in [-0.2, 0) is 16.0 Å². The Morgan fingerprint density at radius 1 is 1.04 bits per heavy atom. The maximum Gasteiger partial charge on any atom is 0.348 e. The fourth-order valence-electron chi connectivity index (χ4n) is 2.67. The van der Waals surface area contributed by atoms with Crippen molar-refractivity contribution in [1.29, 1.82) is 0 Å². The number of hydrogen-bond acceptors (Lipinski definition) is 6. The van der Waals surface area contributed by atoms with Gasteiger partial charge in [0.1, 0.15) is 4.88 Å². The number of carbonyl (C=O) groups excluding carboxylic acids is 2. The SMILES string of the molecule is CCCc1cc(C(=O)OCC(=O)Nc2ccc(OCC)c(OCC)c2)sc1C. The Morgan fingerprint density at radius 2 is 1.75 bits per heavy atom. The fraction of sp³-hybridized carbons (Fsp3) is 0.429. The molecule has 28 heavy (non-hydrogen) atoms. The summed E-state index contributed by atoms with van der Waals surface area (Å²) in [6.45, 7) is 8.49. The van der Waals surface area contributed by atoms with Crippen LogP contribution in [-0.4, -0.2) is 31.7 Å². The van der Waals surface area contributed by atoms with Gasteiger partial charge in [-0.25, -0.2) is 4.79 Å². The van der Waals surface area contributed by atoms with Crippen molar-refractivity contribution in [3.05, 3.63) is 39.6 Å². The molecule has 2 rings (SSSR count). The highest BCUT2D eigenvalue weighted by Gasteiger charge is 2.15. The van der Waals surface area contributed by atoms with Gasteiger partial charge in [0.25, 0.3) is 5.91 Å². The third-order valence-corrected chi connectivity index (χ3v) is 4.98. The molecule has 1 N–H and O–H groups in total. The molecule has 0 spiro atoms. The molecule has 0 fully saturated rings. The van der Waals surface area contributed by atoms with Crippen molar-refractivity contribution in [2.75, 3.05) is 25.1 Å². The van der Waals surface area contributed by atoms with Crippen molar-refractivity contribution < 1.29 is 23.8 Å². The lowest BCUT2D eigenvalue weighted by atomic mass is 10.1. The molecular formula is C21H27NO5S. The van der Waals surface area contributed by atoms with Gasteiger partial charge in [-0.05, 0) is 51.0 Å². The van der Waals surface area contributed by atoms with E-state index in [1.54, 1.807) is 18.2 Å². The number of carbonyl (C=O) groups is 2. The van der Waals surface area contributed by atoms with Gasteiger partial charge in [0.15, 0.2) is 18.1 Å². The van der Waals surface area contributed by atoms with Crippen molar-refractivity contribution in [2.24, 2.45) is 0 Å². The van der Waals surface area contributed by atoms with Crippen LogP contribution in [0, 0.1) is 6.92 Å². The monoisotopic (exact) mass is 405 g/mol. The molecule has 7 heteroatoms. The maximum atomic E-state index is 12.2. The second-order valence-electron chi connectivity index (χ2n) is 6.09. The standard InChI is InChI=1S/C21H27NO5S/c1-5-8-15-11-19(28-14(15)4)21(24)27-13-20(23)22-16-9-10-17(25-6-2)18(12-16)26-7-3/h9-12H,5-8,13H2,1-4H3,(H,22,23). The van der Waals surface area contributed by atoms with E-state index in [0.717, 1.165) is 23.3 Å². The lowest BCUT2D eigenvalue weighted by Gasteiger charge is -2.13. The largest absolute Gasteiger partial charge is 0.490 e. The lowest BCUT2D eigenvalue weighted by molar-refractivity contribution is -0.119. The number of rotatable bonds is 10. The molecular weight excluding hydrogens is 378 g/mol. The van der Waals surface area contributed by atoms with Gasteiger partial charge < -0.3 is 19.5 Å². The van der Waals surface area contributed by atoms with Crippen LogP contribution in [0.15, 0.2) is 24.3 Å². The molecule has 0 unspecified atom stereocenters. The van der Waals surface area contributed by atoms with Crippen molar-refractivity contribution >= 4 is 28.9 Å². The van der Waals surface area contributed by atoms with Crippen LogP contribution < -0.4 is 14.8 Å². The normalized spacial score (nSPS) is 10.4. The Kier molecular flexibility index (Phi) is 8.32. The molecule has 0 bridgehead atoms. The number of aryl methyl sites for hydroxylation is 2. The molecule has 1 amide bonds. The molecule has 6 nitrogen and oxygen atoms in total. The summed E-state index contributed by atoms with van der Waals surface area (Å²) in [5, 5.41) is 2.71. The predicted molar refractivity (Wildman–Crippen MR) is 111 cm³/mol. The summed E-state index contributed by atoms with van der Waals surface area (Å²) in [6, 6.07) is 6.99. The van der Waals surface area contributed by atoms with Crippen molar-refractivity contribution in [3.8, 4) is 11.5 Å². The second kappa shape index (κ2) is 10.7. The number of esters is 1. The van der Waals surface area contributed by atoms with E-state index in [9.17, 15) is 9.59 Å². The number of ether oxygens (including phenoxy) is 3. The maximum absolute atomic E-state index is 12.2. The molecule has 1 heterocycles. The smallest absolute Gasteiger partial charge is 0.348 e. The highest BCUT2D eigenvalue weighted by Crippen LogP contribution is 2.30. The fourth-order valence-corrected chi connectivity index (χ4v) is 3.63. The molecule has 1 aromatic carbocycles. The number of thiophene rings is 1. The zero-order valence-electron chi connectivity index (χ0n) is 16.8. The first-order chi connectivity index (χ1) is 13.5. The summed E-state index contributed by atoms with van der Waals surface area (Å²) >= 11 is 1.40. The van der Waals surface area contributed by atoms with E-state index >= 15 is 0 Å². The first-order valence-corrected chi connectivity index (χ1v) is 10.3. The van der Waals surface area contributed by atoms with Gasteiger partial charge in [0.05, 0.1) is 13.2 Å². The summed E-state index contributed by atoms with van der Waals surface area (Å²) in [7, 11) is 0. The van der Waals surface area contributed by atoms with Crippen LogP contribution in [0.4, 0.5) is 5.69 Å². The van der Waals surface area contributed by atoms with Crippen LogP contribution in [0.25, 0.3) is 0 Å². The first-order valence-electron chi connectivity index (χ1n) is 9.44. The van der Waals surface area contributed by atoms with E-state index in [4.69, 9.17) is 14.2 Å². The zero-order chi connectivity index (χ0) is 20.5. The molecule has 0 aliphatic heterocycles. The van der Waals surface area contributed by atoms with E-state index in [0.29, 0.717) is 35.3 Å². The van der Waals surface area contributed by atoms with Crippen LogP contribution in [0.5, 0.6) is 11.5 Å². The van der Waals surface area contributed by atoms with Gasteiger partial charge in [0, 0.05) is 16.6 Å². The Labute approximate surface area is 169 Å². The van der Waals surface area contributed by atoms with Crippen molar-refractivity contribution in [1.82, 2.24) is 0 Å². The number of benzene rings is 1. The Bertz CT molecular complexity index is 815. The van der Waals surface area contributed by atoms with E-state index < -0.39 is 11.9 Å². The van der Waals surface area contributed by atoms with Gasteiger partial charge in [-0.2, -0.15) is 0 Å². The van der Waals surface area contributed by atoms with E-state index in [-0.39, 0.29) is 6.61 Å². The minimum Gasteiger partial charge on any atom is -0.490 e. The quantitative estimate of drug-likeness (QED) is 0.585. The van der Waals surface area contributed by atoms with Gasteiger partial charge in [-0.1, -0.05) is 13.3 Å². The van der Waals surface area contributed by atoms with Gasteiger partial charge in [-0.3, -0.25) is 4.79 Å². The van der Waals surface area contributed by atoms with Crippen LogP contribution in [0.3, 0.4) is 0 Å². The molecule has 0 aliphatic rings. The third kappa shape index (κ3) is 5.99. The summed E-state index contributed by atoms with van der Waals surface area (Å²) in [6.07, 6.45) is 1.94. The topological polar surface area (TPSA) is 73.9 Å². The molecule has 1 aromatic heterocycles. The van der Waals surface area contributed by atoms with Gasteiger partial charge in [-0.15, -0.1) is 11.3 Å². The minimum absolute atomic E-state index is 0.351. The number of anilines is 1. The zero-order valence-corrected chi connectivity index (χ0v) is 17.6. The van der Waals surface area contributed by atoms with Crippen LogP contribution >= 0.6 is 11.3 Å². The second-order valence-corrected chi connectivity index (χ2v) is 7.35. The predicted octanol–water partition coefficient (Wildman–Crippen LogP) is 4.60. The Balaban J connectivity index is 1.94. The summed E-state index contributed by atoms with van der Waals surface area (Å²) in [5.41, 5.74) is 1.70. The van der Waals surface area contributed by atoms with Crippen LogP contribution in [0.1, 0.15) is 47.3 Å². The highest BCUT2D eigenvalue weighted by atomic mass is 32.1. The average Bonchev–Trinajstić information content (AvgIpc) is 3.03. The summed E-state index contributed by atoms with van der Waals surface area (Å²) < 4.78 is 16.2. The Hall–Kier alpha value is -2.54. The van der Waals surface area contributed by atoms with E-state index in [1.165, 1.54) is 11.3 Å². The van der Waals surface area contributed by atoms with Crippen LogP contribution in [0.2, 0.25) is 0 Å². The molecule has 152 valence electrons. The number of nitrogens with one attached hydrogen (secondary N) is 1. The van der Waals surface area contributed by atoms with Gasteiger partial charge in [0.2, 0.25) is 0 Å². The molecule has 0 saturated heterocycles. The molecule has 2 aromatic rings. The van der Waals surface area contributed by atoms with Gasteiger partial charge >= 0.3 is 5.97 Å². The first kappa shape index (κ1) is 21.8. The molecule has 0 aliphatic carbocycles. The summed E-state index contributed by atoms with van der Waals surface area (Å²) in [5.74, 6) is 0.274. The molecule has 0 saturated carbocycles. The highest BCUT2D eigenvalue weighted by molar-refractivity contribution is 7.14. The lowest BCUT2D eigenvalue weighted by Crippen LogP contribution is -2.20. The van der Waals surface area contributed by atoms with Crippen molar-refractivity contribution in [2.45, 2.75) is 40.5 Å². The molecule has 0 radical (unpaired) electrons. The Morgan fingerprint density at radius 3 is 2.43 bits per heavy atom. The van der Waals surface area contributed by atoms with Crippen molar-refractivity contribution in [3.63, 3.8) is 0 Å². The van der Waals surface area contributed by atoms with E-state index in [2.05, 4.69) is 12.2 Å². The number of amides is 1. The average molecular weight is 406 g/mol. The number of hydrogen-bond donors (Lipinski definition) is 1. The summed E-state index contributed by atoms with van der Waals surface area (Å²) in [4.78, 5) is 26.0. The third-order valence-electron chi connectivity index (χ3n) is 3.90. The minimum atomic E-state index is -0.479. The molecule has 0 atom stereocenters.